The van der Waals surface area contributed by atoms with Gasteiger partial charge in [0.15, 0.2) is 0 Å². The van der Waals surface area contributed by atoms with Crippen LogP contribution in [0.5, 0.6) is 0 Å². The smallest absolute Gasteiger partial charge is 0.0241 e. The van der Waals surface area contributed by atoms with Gasteiger partial charge >= 0.3 is 0 Å². The second kappa shape index (κ2) is 7.20. The Morgan fingerprint density at radius 3 is 2.20 bits per heavy atom. The molecule has 25 heavy (non-hydrogen) atoms. The van der Waals surface area contributed by atoms with Gasteiger partial charge in [-0.15, -0.1) is 0 Å². The first-order valence-corrected chi connectivity index (χ1v) is 11.9. The lowest BCUT2D eigenvalue weighted by Crippen LogP contribution is -2.56. The SMILES string of the molecule is CC.CCCC1CCC2C3CCC4(C)CCCCC4(C)C3CCC12C. The summed E-state index contributed by atoms with van der Waals surface area (Å²) < 4.78 is 0. The van der Waals surface area contributed by atoms with E-state index in [1.165, 1.54) is 44.9 Å². The Kier molecular flexibility index (Phi) is 5.69. The van der Waals surface area contributed by atoms with Crippen molar-refractivity contribution < 1.29 is 0 Å². The van der Waals surface area contributed by atoms with Crippen LogP contribution in [-0.2, 0) is 0 Å². The van der Waals surface area contributed by atoms with Crippen molar-refractivity contribution in [2.75, 3.05) is 0 Å². The van der Waals surface area contributed by atoms with E-state index in [-0.39, 0.29) is 0 Å². The zero-order chi connectivity index (χ0) is 18.3. The molecule has 0 amide bonds. The molecule has 0 saturated heterocycles. The Morgan fingerprint density at radius 1 is 0.760 bits per heavy atom. The van der Waals surface area contributed by atoms with E-state index in [1.807, 2.05) is 13.8 Å². The number of hydrogen-bond acceptors (Lipinski definition) is 0. The van der Waals surface area contributed by atoms with Gasteiger partial charge < -0.3 is 0 Å². The summed E-state index contributed by atoms with van der Waals surface area (Å²) in [7, 11) is 0. The minimum Gasteiger partial charge on any atom is -0.0683 e. The molecule has 0 aliphatic heterocycles. The van der Waals surface area contributed by atoms with Gasteiger partial charge in [-0.1, -0.05) is 67.2 Å². The van der Waals surface area contributed by atoms with Crippen LogP contribution >= 0.6 is 0 Å². The average molecular weight is 347 g/mol. The van der Waals surface area contributed by atoms with Gasteiger partial charge in [-0.25, -0.2) is 0 Å². The lowest BCUT2D eigenvalue weighted by atomic mass is 9.40. The van der Waals surface area contributed by atoms with Crippen LogP contribution in [0.4, 0.5) is 0 Å². The Balaban J connectivity index is 0.000000880. The highest BCUT2D eigenvalue weighted by Crippen LogP contribution is 2.70. The Hall–Kier alpha value is 0. The third kappa shape index (κ3) is 2.84. The van der Waals surface area contributed by atoms with Crippen LogP contribution in [0.15, 0.2) is 0 Å². The summed E-state index contributed by atoms with van der Waals surface area (Å²) in [5, 5.41) is 0. The first-order chi connectivity index (χ1) is 11.9. The normalized spacial score (nSPS) is 51.6. The fraction of sp³-hybridized carbons (Fsp3) is 1.00. The Labute approximate surface area is 158 Å². The number of hydrogen-bond donors (Lipinski definition) is 0. The van der Waals surface area contributed by atoms with Crippen molar-refractivity contribution >= 4 is 0 Å². The van der Waals surface area contributed by atoms with E-state index in [0.29, 0.717) is 16.2 Å². The van der Waals surface area contributed by atoms with Gasteiger partial charge in [-0.2, -0.15) is 0 Å². The standard InChI is InChI=1S/C23H40.C2H6/c1-5-8-17-9-10-19-18-11-15-21(2)13-6-7-14-23(21,4)20(18)12-16-22(17,19)3;1-2/h17-20H,5-16H2,1-4H3;1-2H3. The highest BCUT2D eigenvalue weighted by Gasteiger charge is 2.62. The molecule has 0 N–H and O–H groups in total. The van der Waals surface area contributed by atoms with Crippen LogP contribution in [0.2, 0.25) is 0 Å². The van der Waals surface area contributed by atoms with E-state index in [9.17, 15) is 0 Å². The van der Waals surface area contributed by atoms with Gasteiger partial charge in [-0.05, 0) is 91.3 Å². The molecular weight excluding hydrogens is 300 g/mol. The third-order valence-corrected chi connectivity index (χ3v) is 10.2. The minimum atomic E-state index is 0.665. The topological polar surface area (TPSA) is 0 Å². The summed E-state index contributed by atoms with van der Waals surface area (Å²) in [5.74, 6) is 4.25. The summed E-state index contributed by atoms with van der Waals surface area (Å²) in [6.07, 6.45) is 18.3. The van der Waals surface area contributed by atoms with Crippen molar-refractivity contribution in [2.24, 2.45) is 39.9 Å². The van der Waals surface area contributed by atoms with Crippen LogP contribution in [0.3, 0.4) is 0 Å². The van der Waals surface area contributed by atoms with E-state index in [4.69, 9.17) is 0 Å². The van der Waals surface area contributed by atoms with Gasteiger partial charge in [0.2, 0.25) is 0 Å². The molecule has 4 fully saturated rings. The quantitative estimate of drug-likeness (QED) is 0.472. The average Bonchev–Trinajstić information content (AvgIpc) is 2.94. The molecular formula is C25H46. The van der Waals surface area contributed by atoms with Crippen LogP contribution < -0.4 is 0 Å². The molecule has 0 heteroatoms. The molecule has 0 bridgehead atoms. The predicted octanol–water partition coefficient (Wildman–Crippen LogP) is 8.25. The molecule has 0 nitrogen and oxygen atoms in total. The molecule has 4 saturated carbocycles. The monoisotopic (exact) mass is 346 g/mol. The zero-order valence-electron chi connectivity index (χ0n) is 18.3. The molecule has 4 aliphatic rings. The summed E-state index contributed by atoms with van der Waals surface area (Å²) in [6.45, 7) is 14.5. The summed E-state index contributed by atoms with van der Waals surface area (Å²) in [4.78, 5) is 0. The molecule has 0 radical (unpaired) electrons. The molecule has 7 unspecified atom stereocenters. The summed E-state index contributed by atoms with van der Waals surface area (Å²) >= 11 is 0. The van der Waals surface area contributed by atoms with Gasteiger partial charge in [0.25, 0.3) is 0 Å². The Bertz CT molecular complexity index is 453. The van der Waals surface area contributed by atoms with Crippen molar-refractivity contribution in [1.29, 1.82) is 0 Å². The third-order valence-electron chi connectivity index (χ3n) is 10.2. The second-order valence-electron chi connectivity index (χ2n) is 10.7. The Morgan fingerprint density at radius 2 is 1.48 bits per heavy atom. The molecule has 0 spiro atoms. The van der Waals surface area contributed by atoms with Gasteiger partial charge in [0.1, 0.15) is 0 Å². The number of rotatable bonds is 2. The zero-order valence-corrected chi connectivity index (χ0v) is 18.3. The highest BCUT2D eigenvalue weighted by molar-refractivity contribution is 5.11. The van der Waals surface area contributed by atoms with E-state index >= 15 is 0 Å². The summed E-state index contributed by atoms with van der Waals surface area (Å²) in [6, 6.07) is 0. The van der Waals surface area contributed by atoms with Gasteiger partial charge in [0, 0.05) is 0 Å². The van der Waals surface area contributed by atoms with E-state index in [2.05, 4.69) is 27.7 Å². The molecule has 0 heterocycles. The van der Waals surface area contributed by atoms with Crippen molar-refractivity contribution in [3.63, 3.8) is 0 Å². The van der Waals surface area contributed by atoms with Crippen molar-refractivity contribution in [2.45, 2.75) is 119 Å². The molecule has 4 aliphatic carbocycles. The van der Waals surface area contributed by atoms with Gasteiger partial charge in [0.05, 0.1) is 0 Å². The summed E-state index contributed by atoms with van der Waals surface area (Å²) in [5.41, 5.74) is 2.04. The van der Waals surface area contributed by atoms with Crippen molar-refractivity contribution in [3.8, 4) is 0 Å². The van der Waals surface area contributed by atoms with Crippen LogP contribution in [0.1, 0.15) is 119 Å². The fourth-order valence-electron chi connectivity index (χ4n) is 8.54. The lowest BCUT2D eigenvalue weighted by molar-refractivity contribution is -0.152. The maximum absolute atomic E-state index is 2.73. The maximum atomic E-state index is 2.73. The molecule has 0 aromatic carbocycles. The van der Waals surface area contributed by atoms with Gasteiger partial charge in [-0.3, -0.25) is 0 Å². The molecule has 4 rings (SSSR count). The van der Waals surface area contributed by atoms with Crippen LogP contribution in [-0.4, -0.2) is 0 Å². The largest absolute Gasteiger partial charge is 0.0683 e. The maximum Gasteiger partial charge on any atom is -0.0241 e. The molecule has 0 aromatic heterocycles. The molecule has 7 atom stereocenters. The fourth-order valence-corrected chi connectivity index (χ4v) is 8.54. The van der Waals surface area contributed by atoms with E-state index < -0.39 is 0 Å². The number of fused-ring (bicyclic) bond motifs is 5. The second-order valence-corrected chi connectivity index (χ2v) is 10.7. The van der Waals surface area contributed by atoms with E-state index in [1.54, 1.807) is 32.1 Å². The molecule has 0 aromatic rings. The van der Waals surface area contributed by atoms with E-state index in [0.717, 1.165) is 23.7 Å². The molecule has 146 valence electrons. The highest BCUT2D eigenvalue weighted by atomic mass is 14.7. The first-order valence-electron chi connectivity index (χ1n) is 11.9. The van der Waals surface area contributed by atoms with Crippen LogP contribution in [0.25, 0.3) is 0 Å². The van der Waals surface area contributed by atoms with Crippen molar-refractivity contribution in [3.05, 3.63) is 0 Å². The minimum absolute atomic E-state index is 0.665. The lowest BCUT2D eigenvalue weighted by Gasteiger charge is -2.64. The predicted molar refractivity (Wildman–Crippen MR) is 111 cm³/mol. The first kappa shape index (κ1) is 19.8. The van der Waals surface area contributed by atoms with Crippen molar-refractivity contribution in [1.82, 2.24) is 0 Å². The van der Waals surface area contributed by atoms with Crippen LogP contribution in [0, 0.1) is 39.9 Å².